The van der Waals surface area contributed by atoms with Gasteiger partial charge >= 0.3 is 0 Å². The van der Waals surface area contributed by atoms with Gasteiger partial charge < -0.3 is 20.4 Å². The number of H-pyrrole nitrogens is 1. The molecular formula is C37H30N12. The van der Waals surface area contributed by atoms with E-state index in [-0.39, 0.29) is 0 Å². The lowest BCUT2D eigenvalue weighted by Crippen LogP contribution is -2.13. The monoisotopic (exact) mass is 642 g/mol. The fourth-order valence-corrected chi connectivity index (χ4v) is 6.22. The second kappa shape index (κ2) is 12.7. The van der Waals surface area contributed by atoms with E-state index in [1.807, 2.05) is 83.8 Å². The van der Waals surface area contributed by atoms with Crippen LogP contribution in [-0.4, -0.2) is 39.7 Å². The van der Waals surface area contributed by atoms with Crippen LogP contribution in [0.5, 0.6) is 0 Å². The second-order valence-corrected chi connectivity index (χ2v) is 11.9. The molecule has 0 saturated heterocycles. The number of hydrogen-bond acceptors (Lipinski definition) is 10. The van der Waals surface area contributed by atoms with E-state index in [1.54, 1.807) is 9.80 Å². The zero-order chi connectivity index (χ0) is 33.2. The largest absolute Gasteiger partial charge is 0.323 e. The summed E-state index contributed by atoms with van der Waals surface area (Å²) in [4.78, 5) is 12.3. The minimum atomic E-state index is 0.566. The zero-order valence-corrected chi connectivity index (χ0v) is 26.4. The van der Waals surface area contributed by atoms with Gasteiger partial charge in [-0.05, 0) is 28.5 Å². The maximum Gasteiger partial charge on any atom is 0.180 e. The van der Waals surface area contributed by atoms with Crippen molar-refractivity contribution in [2.75, 3.05) is 10.6 Å². The van der Waals surface area contributed by atoms with E-state index in [0.29, 0.717) is 32.7 Å². The third-order valence-corrected chi connectivity index (χ3v) is 8.72. The van der Waals surface area contributed by atoms with Gasteiger partial charge in [0.15, 0.2) is 24.0 Å². The summed E-state index contributed by atoms with van der Waals surface area (Å²) in [5.41, 5.74) is 5.34. The Kier molecular flexibility index (Phi) is 7.64. The molecule has 12 nitrogen and oxygen atoms in total. The normalized spacial score (nSPS) is 12.9. The van der Waals surface area contributed by atoms with Gasteiger partial charge in [0.05, 0.1) is 44.1 Å². The van der Waals surface area contributed by atoms with E-state index in [1.165, 1.54) is 5.56 Å². The van der Waals surface area contributed by atoms with Gasteiger partial charge in [0.1, 0.15) is 11.6 Å². The fraction of sp³-hybridized carbons (Fsp3) is 0.135. The molecule has 0 bridgehead atoms. The average molecular weight is 643 g/mol. The van der Waals surface area contributed by atoms with Gasteiger partial charge in [0.25, 0.3) is 0 Å². The molecule has 49 heavy (non-hydrogen) atoms. The molecule has 0 atom stereocenters. The van der Waals surface area contributed by atoms with Crippen LogP contribution in [0.1, 0.15) is 28.1 Å². The van der Waals surface area contributed by atoms with Crippen LogP contribution in [0.15, 0.2) is 103 Å². The summed E-state index contributed by atoms with van der Waals surface area (Å²) in [5.74, 6) is 3.01. The molecule has 7 aromatic rings. The molecule has 3 N–H and O–H groups in total. The van der Waals surface area contributed by atoms with Crippen LogP contribution in [0.25, 0.3) is 21.5 Å². The van der Waals surface area contributed by atoms with Crippen LogP contribution in [0.4, 0.5) is 23.3 Å². The Morgan fingerprint density at radius 3 is 1.88 bits per heavy atom. The van der Waals surface area contributed by atoms with Crippen molar-refractivity contribution in [1.82, 2.24) is 39.7 Å². The SMILES string of the molecule is N#CN1Cc2[nH]nc(Nc3cc4ccccc4cn3)c2C1.N#CN1Cc2c(Nc3cc4ccccc4cn3)nn(Cc3ccccc3)c2C1. The second-order valence-electron chi connectivity index (χ2n) is 11.9. The summed E-state index contributed by atoms with van der Waals surface area (Å²) in [6, 6.07) is 30.5. The van der Waals surface area contributed by atoms with Crippen LogP contribution in [0, 0.1) is 22.9 Å². The highest BCUT2D eigenvalue weighted by Gasteiger charge is 2.28. The summed E-state index contributed by atoms with van der Waals surface area (Å²) >= 11 is 0. The van der Waals surface area contributed by atoms with Gasteiger partial charge in [-0.15, -0.1) is 0 Å². The Morgan fingerprint density at radius 1 is 0.653 bits per heavy atom. The molecular weight excluding hydrogens is 612 g/mol. The van der Waals surface area contributed by atoms with Gasteiger partial charge in [0, 0.05) is 34.3 Å². The summed E-state index contributed by atoms with van der Waals surface area (Å²) in [5, 5.41) is 41.4. The van der Waals surface area contributed by atoms with E-state index in [0.717, 1.165) is 67.3 Å². The quantitative estimate of drug-likeness (QED) is 0.171. The molecule has 6 heterocycles. The molecule has 0 amide bonds. The Bertz CT molecular complexity index is 2380. The first-order valence-electron chi connectivity index (χ1n) is 15.8. The van der Waals surface area contributed by atoms with Gasteiger partial charge in [-0.3, -0.25) is 9.78 Å². The summed E-state index contributed by atoms with van der Waals surface area (Å²) in [6.45, 7) is 2.99. The number of anilines is 4. The van der Waals surface area contributed by atoms with Crippen molar-refractivity contribution in [2.45, 2.75) is 32.7 Å². The lowest BCUT2D eigenvalue weighted by molar-refractivity contribution is 0.403. The van der Waals surface area contributed by atoms with Crippen molar-refractivity contribution < 1.29 is 0 Å². The number of nitrogens with one attached hydrogen (secondary N) is 3. The van der Waals surface area contributed by atoms with Crippen LogP contribution in [0.3, 0.4) is 0 Å². The van der Waals surface area contributed by atoms with Crippen molar-refractivity contribution in [3.63, 3.8) is 0 Å². The Morgan fingerprint density at radius 2 is 1.22 bits per heavy atom. The number of fused-ring (bicyclic) bond motifs is 4. The minimum absolute atomic E-state index is 0.566. The van der Waals surface area contributed by atoms with Gasteiger partial charge in [-0.2, -0.15) is 20.7 Å². The van der Waals surface area contributed by atoms with Crippen molar-refractivity contribution in [3.05, 3.63) is 131 Å². The molecule has 12 heteroatoms. The molecule has 0 unspecified atom stereocenters. The molecule has 0 radical (unpaired) electrons. The molecule has 0 aliphatic carbocycles. The molecule has 238 valence electrons. The van der Waals surface area contributed by atoms with E-state index < -0.39 is 0 Å². The molecule has 2 aliphatic rings. The topological polar surface area (TPSA) is 150 Å². The van der Waals surface area contributed by atoms with Crippen LogP contribution >= 0.6 is 0 Å². The molecule has 2 aliphatic heterocycles. The number of aromatic nitrogens is 6. The third-order valence-electron chi connectivity index (χ3n) is 8.72. The van der Waals surface area contributed by atoms with Crippen molar-refractivity contribution in [1.29, 1.82) is 10.5 Å². The fourth-order valence-electron chi connectivity index (χ4n) is 6.22. The lowest BCUT2D eigenvalue weighted by atomic mass is 10.2. The Labute approximate surface area is 281 Å². The lowest BCUT2D eigenvalue weighted by Gasteiger charge is -2.10. The molecule has 0 fully saturated rings. The van der Waals surface area contributed by atoms with Gasteiger partial charge in [-0.1, -0.05) is 78.9 Å². The number of hydrogen-bond donors (Lipinski definition) is 3. The van der Waals surface area contributed by atoms with E-state index in [9.17, 15) is 5.26 Å². The number of rotatable bonds is 6. The highest BCUT2D eigenvalue weighted by molar-refractivity contribution is 5.85. The zero-order valence-electron chi connectivity index (χ0n) is 26.4. The van der Waals surface area contributed by atoms with Crippen molar-refractivity contribution in [3.8, 4) is 12.4 Å². The standard InChI is InChI=1S/C22H18N6.C15H12N6/c23-15-27-13-19-20(14-27)28(12-16-6-2-1-3-7-16)26-22(19)25-21-10-17-8-4-5-9-18(17)11-24-21;16-9-21-7-12-13(8-21)19-20-15(12)18-14-5-10-3-1-2-4-11(10)6-17-14/h1-11H,12-14H2,(H,24,25,26);1-6H,7-8H2,(H2,17,18,19,20). The van der Waals surface area contributed by atoms with Crippen LogP contribution < -0.4 is 10.6 Å². The first-order chi connectivity index (χ1) is 24.1. The maximum atomic E-state index is 9.35. The van der Waals surface area contributed by atoms with Crippen LogP contribution in [-0.2, 0) is 32.7 Å². The molecule has 0 saturated carbocycles. The number of aromatic amines is 1. The first kappa shape index (κ1) is 29.5. The van der Waals surface area contributed by atoms with Crippen molar-refractivity contribution >= 4 is 44.8 Å². The minimum Gasteiger partial charge on any atom is -0.323 e. The summed E-state index contributed by atoms with van der Waals surface area (Å²) in [6.07, 6.45) is 8.11. The van der Waals surface area contributed by atoms with Gasteiger partial charge in [0.2, 0.25) is 0 Å². The average Bonchev–Trinajstić information content (AvgIpc) is 3.92. The summed E-state index contributed by atoms with van der Waals surface area (Å²) < 4.78 is 1.99. The molecule has 0 spiro atoms. The highest BCUT2D eigenvalue weighted by atomic mass is 15.4. The summed E-state index contributed by atoms with van der Waals surface area (Å²) in [7, 11) is 0. The van der Waals surface area contributed by atoms with E-state index in [2.05, 4.69) is 67.5 Å². The molecule has 3 aromatic carbocycles. The third kappa shape index (κ3) is 6.02. The smallest absolute Gasteiger partial charge is 0.180 e. The molecule has 4 aromatic heterocycles. The van der Waals surface area contributed by atoms with Crippen molar-refractivity contribution in [2.24, 2.45) is 0 Å². The predicted octanol–water partition coefficient (Wildman–Crippen LogP) is 6.52. The van der Waals surface area contributed by atoms with E-state index >= 15 is 0 Å². The first-order valence-corrected chi connectivity index (χ1v) is 15.8. The van der Waals surface area contributed by atoms with Crippen LogP contribution in [0.2, 0.25) is 0 Å². The predicted molar refractivity (Wildman–Crippen MR) is 186 cm³/mol. The number of nitrogens with zero attached hydrogens (tertiary/aromatic N) is 9. The number of benzene rings is 3. The Hall–Kier alpha value is -6.92. The van der Waals surface area contributed by atoms with Gasteiger partial charge in [-0.25, -0.2) is 9.97 Å². The molecule has 9 rings (SSSR count). The maximum absolute atomic E-state index is 9.35. The Balaban J connectivity index is 0.000000148. The van der Waals surface area contributed by atoms with E-state index in [4.69, 9.17) is 10.4 Å². The number of pyridine rings is 2. The number of nitriles is 2. The highest BCUT2D eigenvalue weighted by Crippen LogP contribution is 2.32.